The Balaban J connectivity index is 1.72. The van der Waals surface area contributed by atoms with Crippen LogP contribution in [-0.2, 0) is 6.42 Å². The molecule has 0 spiro atoms. The van der Waals surface area contributed by atoms with E-state index in [4.69, 9.17) is 0 Å². The molecule has 3 heteroatoms. The summed E-state index contributed by atoms with van der Waals surface area (Å²) in [5, 5.41) is 2.51. The number of halogens is 2. The van der Waals surface area contributed by atoms with Gasteiger partial charge in [-0.1, -0.05) is 68.8 Å². The number of allylic oxidation sites excluding steroid dienone is 3. The maximum atomic E-state index is 3.71. The molecule has 0 fully saturated rings. The predicted molar refractivity (Wildman–Crippen MR) is 128 cm³/mol. The van der Waals surface area contributed by atoms with Crippen molar-refractivity contribution in [2.75, 3.05) is 0 Å². The first-order valence-electron chi connectivity index (χ1n) is 9.43. The molecule has 0 unspecified atom stereocenters. The second kappa shape index (κ2) is 8.50. The van der Waals surface area contributed by atoms with Crippen LogP contribution in [-0.4, -0.2) is 4.57 Å². The van der Waals surface area contributed by atoms with E-state index < -0.39 is 0 Å². The van der Waals surface area contributed by atoms with Crippen LogP contribution in [0.4, 0.5) is 0 Å². The third-order valence-electron chi connectivity index (χ3n) is 4.99. The highest BCUT2D eigenvalue weighted by molar-refractivity contribution is 9.10. The van der Waals surface area contributed by atoms with Crippen molar-refractivity contribution in [3.8, 4) is 5.69 Å². The fourth-order valence-electron chi connectivity index (χ4n) is 3.67. The van der Waals surface area contributed by atoms with E-state index in [1.807, 2.05) is 12.2 Å². The summed E-state index contributed by atoms with van der Waals surface area (Å²) in [6, 6.07) is 22.0. The number of hydrogen-bond donors (Lipinski definition) is 0. The standard InChI is InChI=1S/C25H21Br2N/c1-2-3-4-5-6-7-18-8-12-21(13-9-18)28-24-14-10-19(26)16-22(24)23-17-20(27)11-15-25(23)28/h2-4,8-17H,1,5-7H2/b4-3+. The van der Waals surface area contributed by atoms with Crippen molar-refractivity contribution < 1.29 is 0 Å². The Kier molecular flexibility index (Phi) is 5.84. The van der Waals surface area contributed by atoms with Gasteiger partial charge in [0, 0.05) is 25.4 Å². The summed E-state index contributed by atoms with van der Waals surface area (Å²) in [5.41, 5.74) is 5.01. The second-order valence-electron chi connectivity index (χ2n) is 6.88. The van der Waals surface area contributed by atoms with E-state index in [-0.39, 0.29) is 0 Å². The lowest BCUT2D eigenvalue weighted by molar-refractivity contribution is 0.842. The zero-order valence-corrected chi connectivity index (χ0v) is 18.7. The van der Waals surface area contributed by atoms with Crippen LogP contribution in [0.15, 0.2) is 94.4 Å². The van der Waals surface area contributed by atoms with E-state index in [1.54, 1.807) is 0 Å². The Morgan fingerprint density at radius 3 is 2.00 bits per heavy atom. The Labute approximate surface area is 182 Å². The SMILES string of the molecule is C=C/C=C/CCCc1ccc(-n2c3ccc(Br)cc3c3cc(Br)ccc32)cc1. The smallest absolute Gasteiger partial charge is 0.0541 e. The van der Waals surface area contributed by atoms with Gasteiger partial charge in [-0.15, -0.1) is 0 Å². The number of fused-ring (bicyclic) bond motifs is 3. The van der Waals surface area contributed by atoms with Gasteiger partial charge in [-0.05, 0) is 73.4 Å². The van der Waals surface area contributed by atoms with E-state index in [0.717, 1.165) is 28.2 Å². The molecule has 4 aromatic rings. The molecule has 140 valence electrons. The van der Waals surface area contributed by atoms with Gasteiger partial charge >= 0.3 is 0 Å². The summed E-state index contributed by atoms with van der Waals surface area (Å²) in [7, 11) is 0. The molecule has 3 aromatic carbocycles. The van der Waals surface area contributed by atoms with Crippen molar-refractivity contribution in [1.29, 1.82) is 0 Å². The van der Waals surface area contributed by atoms with E-state index in [2.05, 4.69) is 110 Å². The van der Waals surface area contributed by atoms with Crippen LogP contribution in [0.1, 0.15) is 18.4 Å². The molecule has 0 radical (unpaired) electrons. The quantitative estimate of drug-likeness (QED) is 0.187. The van der Waals surface area contributed by atoms with E-state index in [0.29, 0.717) is 0 Å². The molecule has 0 aliphatic rings. The van der Waals surface area contributed by atoms with Crippen molar-refractivity contribution in [2.45, 2.75) is 19.3 Å². The van der Waals surface area contributed by atoms with Gasteiger partial charge in [-0.25, -0.2) is 0 Å². The molecule has 4 rings (SSSR count). The molecule has 1 heterocycles. The van der Waals surface area contributed by atoms with E-state index in [1.165, 1.54) is 33.1 Å². The maximum Gasteiger partial charge on any atom is 0.0541 e. The van der Waals surface area contributed by atoms with Crippen molar-refractivity contribution in [1.82, 2.24) is 4.57 Å². The molecule has 0 saturated carbocycles. The lowest BCUT2D eigenvalue weighted by Gasteiger charge is -2.09. The average Bonchev–Trinajstić information content (AvgIpc) is 3.01. The molecule has 0 atom stereocenters. The molecule has 0 aliphatic carbocycles. The second-order valence-corrected chi connectivity index (χ2v) is 8.71. The third kappa shape index (κ3) is 3.87. The summed E-state index contributed by atoms with van der Waals surface area (Å²) in [6.07, 6.45) is 9.36. The zero-order chi connectivity index (χ0) is 19.5. The maximum absolute atomic E-state index is 3.71. The molecule has 28 heavy (non-hydrogen) atoms. The van der Waals surface area contributed by atoms with Gasteiger partial charge in [0.1, 0.15) is 0 Å². The van der Waals surface area contributed by atoms with Gasteiger partial charge in [-0.3, -0.25) is 0 Å². The first kappa shape index (κ1) is 19.2. The minimum atomic E-state index is 1.09. The Morgan fingerprint density at radius 2 is 1.43 bits per heavy atom. The summed E-state index contributed by atoms with van der Waals surface area (Å²) in [4.78, 5) is 0. The first-order valence-corrected chi connectivity index (χ1v) is 11.0. The fraction of sp³-hybridized carbons (Fsp3) is 0.120. The van der Waals surface area contributed by atoms with Gasteiger partial charge in [0.2, 0.25) is 0 Å². The highest BCUT2D eigenvalue weighted by Crippen LogP contribution is 2.35. The minimum Gasteiger partial charge on any atom is -0.309 e. The summed E-state index contributed by atoms with van der Waals surface area (Å²) in [6.45, 7) is 3.71. The Morgan fingerprint density at radius 1 is 0.821 bits per heavy atom. The number of hydrogen-bond acceptors (Lipinski definition) is 0. The number of benzene rings is 3. The highest BCUT2D eigenvalue weighted by atomic mass is 79.9. The summed E-state index contributed by atoms with van der Waals surface area (Å²) < 4.78 is 4.54. The van der Waals surface area contributed by atoms with Crippen molar-refractivity contribution >= 4 is 53.7 Å². The third-order valence-corrected chi connectivity index (χ3v) is 5.98. The lowest BCUT2D eigenvalue weighted by Crippen LogP contribution is -1.94. The molecule has 0 aliphatic heterocycles. The predicted octanol–water partition coefficient (Wildman–Crippen LogP) is 8.37. The molecule has 1 nitrogen and oxygen atoms in total. The van der Waals surface area contributed by atoms with Gasteiger partial charge < -0.3 is 4.57 Å². The van der Waals surface area contributed by atoms with Crippen LogP contribution in [0.2, 0.25) is 0 Å². The molecule has 0 bridgehead atoms. The molecule has 0 saturated heterocycles. The van der Waals surface area contributed by atoms with Gasteiger partial charge in [0.25, 0.3) is 0 Å². The number of aromatic nitrogens is 1. The van der Waals surface area contributed by atoms with Crippen molar-refractivity contribution in [3.63, 3.8) is 0 Å². The van der Waals surface area contributed by atoms with Crippen molar-refractivity contribution in [3.05, 3.63) is 100.0 Å². The number of rotatable bonds is 6. The summed E-state index contributed by atoms with van der Waals surface area (Å²) in [5.74, 6) is 0. The van der Waals surface area contributed by atoms with Crippen LogP contribution in [0.3, 0.4) is 0 Å². The molecule has 0 N–H and O–H groups in total. The first-order chi connectivity index (χ1) is 13.7. The van der Waals surface area contributed by atoms with Crippen LogP contribution in [0.5, 0.6) is 0 Å². The monoisotopic (exact) mass is 493 g/mol. The van der Waals surface area contributed by atoms with Crippen molar-refractivity contribution in [2.24, 2.45) is 0 Å². The topological polar surface area (TPSA) is 4.93 Å². The number of nitrogens with zero attached hydrogens (tertiary/aromatic N) is 1. The Bertz CT molecular complexity index is 1110. The molecule has 0 amide bonds. The van der Waals surface area contributed by atoms with Crippen LogP contribution >= 0.6 is 31.9 Å². The van der Waals surface area contributed by atoms with Crippen LogP contribution < -0.4 is 0 Å². The van der Waals surface area contributed by atoms with Crippen LogP contribution in [0.25, 0.3) is 27.5 Å². The van der Waals surface area contributed by atoms with Gasteiger partial charge in [0.05, 0.1) is 11.0 Å². The van der Waals surface area contributed by atoms with Crippen LogP contribution in [0, 0.1) is 0 Å². The minimum absolute atomic E-state index is 1.09. The molecular formula is C25H21Br2N. The summed E-state index contributed by atoms with van der Waals surface area (Å²) >= 11 is 7.24. The zero-order valence-electron chi connectivity index (χ0n) is 15.5. The van der Waals surface area contributed by atoms with E-state index >= 15 is 0 Å². The highest BCUT2D eigenvalue weighted by Gasteiger charge is 2.13. The molecular weight excluding hydrogens is 474 g/mol. The number of unbranched alkanes of at least 4 members (excludes halogenated alkanes) is 1. The average molecular weight is 495 g/mol. The Hall–Kier alpha value is -2.10. The van der Waals surface area contributed by atoms with E-state index in [9.17, 15) is 0 Å². The molecule has 1 aromatic heterocycles. The largest absolute Gasteiger partial charge is 0.309 e. The van der Waals surface area contributed by atoms with Gasteiger partial charge in [0.15, 0.2) is 0 Å². The lowest BCUT2D eigenvalue weighted by atomic mass is 10.1. The normalized spacial score (nSPS) is 11.6. The number of aryl methyl sites for hydroxylation is 1. The van der Waals surface area contributed by atoms with Gasteiger partial charge in [-0.2, -0.15) is 0 Å². The fourth-order valence-corrected chi connectivity index (χ4v) is 4.40.